The number of aliphatic hydroxyl groups excluding tert-OH is 1. The Hall–Kier alpha value is -1.23. The highest BCUT2D eigenvalue weighted by atomic mass is 19.1. The maximum atomic E-state index is 13.6. The van der Waals surface area contributed by atoms with Gasteiger partial charge in [-0.15, -0.1) is 0 Å². The molecule has 1 aromatic heterocycles. The summed E-state index contributed by atoms with van der Waals surface area (Å²) >= 11 is 0. The molecule has 1 saturated carbocycles. The maximum Gasteiger partial charge on any atom is 0.186 e. The number of aryl methyl sites for hydroxylation is 1. The molecule has 2 unspecified atom stereocenters. The normalized spacial score (nSPS) is 27.3. The molecule has 0 aliphatic heterocycles. The minimum absolute atomic E-state index is 0.0475. The molecular formula is C11H16FN3O. The van der Waals surface area contributed by atoms with Crippen molar-refractivity contribution in [3.05, 3.63) is 17.8 Å². The van der Waals surface area contributed by atoms with Gasteiger partial charge in [0.15, 0.2) is 11.6 Å². The summed E-state index contributed by atoms with van der Waals surface area (Å²) in [6, 6.07) is 0.0475. The van der Waals surface area contributed by atoms with Crippen LogP contribution < -0.4 is 5.32 Å². The van der Waals surface area contributed by atoms with Crippen LogP contribution in [0.2, 0.25) is 0 Å². The fourth-order valence-electron chi connectivity index (χ4n) is 1.87. The first-order chi connectivity index (χ1) is 7.43. The van der Waals surface area contributed by atoms with Crippen molar-refractivity contribution in [1.82, 2.24) is 9.97 Å². The third-order valence-electron chi connectivity index (χ3n) is 3.49. The summed E-state index contributed by atoms with van der Waals surface area (Å²) in [7, 11) is 0. The van der Waals surface area contributed by atoms with E-state index in [9.17, 15) is 9.50 Å². The second-order valence-corrected chi connectivity index (χ2v) is 4.89. The van der Waals surface area contributed by atoms with E-state index in [0.717, 1.165) is 0 Å². The number of aliphatic hydroxyl groups is 1. The van der Waals surface area contributed by atoms with Crippen molar-refractivity contribution < 1.29 is 9.50 Å². The van der Waals surface area contributed by atoms with E-state index in [1.807, 2.05) is 13.8 Å². The Kier molecular flexibility index (Phi) is 2.58. The fraction of sp³-hybridized carbons (Fsp3) is 0.636. The van der Waals surface area contributed by atoms with Crippen molar-refractivity contribution in [2.45, 2.75) is 39.3 Å². The first-order valence-corrected chi connectivity index (χ1v) is 5.34. The zero-order valence-corrected chi connectivity index (χ0v) is 9.66. The molecule has 5 heteroatoms. The van der Waals surface area contributed by atoms with Gasteiger partial charge in [0, 0.05) is 11.5 Å². The van der Waals surface area contributed by atoms with Crippen LogP contribution >= 0.6 is 0 Å². The smallest absolute Gasteiger partial charge is 0.186 e. The lowest BCUT2D eigenvalue weighted by atomic mass is 9.64. The van der Waals surface area contributed by atoms with Gasteiger partial charge in [-0.05, 0) is 13.3 Å². The topological polar surface area (TPSA) is 58.0 Å². The monoisotopic (exact) mass is 225 g/mol. The number of rotatable bonds is 2. The average molecular weight is 225 g/mol. The highest BCUT2D eigenvalue weighted by molar-refractivity contribution is 5.39. The van der Waals surface area contributed by atoms with Crippen LogP contribution in [0.25, 0.3) is 0 Å². The molecule has 0 radical (unpaired) electrons. The average Bonchev–Trinajstić information content (AvgIpc) is 2.24. The number of anilines is 1. The van der Waals surface area contributed by atoms with Crippen molar-refractivity contribution in [1.29, 1.82) is 0 Å². The van der Waals surface area contributed by atoms with Crippen LogP contribution in [-0.2, 0) is 0 Å². The van der Waals surface area contributed by atoms with Crippen LogP contribution in [0.15, 0.2) is 6.33 Å². The van der Waals surface area contributed by atoms with Crippen molar-refractivity contribution in [2.24, 2.45) is 5.41 Å². The van der Waals surface area contributed by atoms with E-state index in [1.54, 1.807) is 6.92 Å². The maximum absolute atomic E-state index is 13.6. The van der Waals surface area contributed by atoms with Gasteiger partial charge >= 0.3 is 0 Å². The highest BCUT2D eigenvalue weighted by Crippen LogP contribution is 2.42. The largest absolute Gasteiger partial charge is 0.392 e. The second-order valence-electron chi connectivity index (χ2n) is 4.89. The Morgan fingerprint density at radius 3 is 2.75 bits per heavy atom. The Bertz CT molecular complexity index is 408. The van der Waals surface area contributed by atoms with Gasteiger partial charge in [-0.2, -0.15) is 0 Å². The number of nitrogens with zero attached hydrogens (tertiary/aromatic N) is 2. The number of aromatic nitrogens is 2. The number of nitrogens with one attached hydrogen (secondary N) is 1. The van der Waals surface area contributed by atoms with Crippen LogP contribution in [0.4, 0.5) is 10.2 Å². The third kappa shape index (κ3) is 1.65. The first-order valence-electron chi connectivity index (χ1n) is 5.34. The molecule has 0 aromatic carbocycles. The summed E-state index contributed by atoms with van der Waals surface area (Å²) in [5.41, 5.74) is 0.0841. The SMILES string of the molecule is Cc1ncnc(NC2CC(O)C2(C)C)c1F. The fourth-order valence-corrected chi connectivity index (χ4v) is 1.87. The predicted molar refractivity (Wildman–Crippen MR) is 58.5 cm³/mol. The van der Waals surface area contributed by atoms with Gasteiger partial charge in [-0.3, -0.25) is 0 Å². The lowest BCUT2D eigenvalue weighted by molar-refractivity contribution is -0.0512. The summed E-state index contributed by atoms with van der Waals surface area (Å²) in [6.07, 6.45) is 1.62. The summed E-state index contributed by atoms with van der Waals surface area (Å²) < 4.78 is 13.6. The van der Waals surface area contributed by atoms with E-state index < -0.39 is 5.82 Å². The molecule has 1 aliphatic carbocycles. The number of halogens is 1. The van der Waals surface area contributed by atoms with Crippen molar-refractivity contribution >= 4 is 5.82 Å². The van der Waals surface area contributed by atoms with Gasteiger partial charge in [-0.25, -0.2) is 14.4 Å². The quantitative estimate of drug-likeness (QED) is 0.800. The summed E-state index contributed by atoms with van der Waals surface area (Å²) in [4.78, 5) is 7.64. The van der Waals surface area contributed by atoms with Gasteiger partial charge in [-0.1, -0.05) is 13.8 Å². The molecule has 2 rings (SSSR count). The Morgan fingerprint density at radius 2 is 2.19 bits per heavy atom. The molecule has 0 amide bonds. The molecule has 1 aliphatic rings. The minimum Gasteiger partial charge on any atom is -0.392 e. The lowest BCUT2D eigenvalue weighted by Crippen LogP contribution is -2.57. The summed E-state index contributed by atoms with van der Waals surface area (Å²) in [5.74, 6) is -0.197. The van der Waals surface area contributed by atoms with E-state index in [4.69, 9.17) is 0 Å². The van der Waals surface area contributed by atoms with E-state index in [0.29, 0.717) is 12.1 Å². The van der Waals surface area contributed by atoms with E-state index in [2.05, 4.69) is 15.3 Å². The standard InChI is InChI=1S/C11H16FN3O/c1-6-9(12)10(14-5-13-6)15-7-4-8(16)11(7,2)3/h5,7-8,16H,4H2,1-3H3,(H,13,14,15). The molecule has 4 nitrogen and oxygen atoms in total. The molecule has 1 aromatic rings. The molecule has 88 valence electrons. The summed E-state index contributed by atoms with van der Waals surface area (Å²) in [6.45, 7) is 5.50. The Balaban J connectivity index is 2.14. The molecule has 1 fully saturated rings. The molecule has 0 saturated heterocycles. The summed E-state index contributed by atoms with van der Waals surface area (Å²) in [5, 5.41) is 12.6. The Morgan fingerprint density at radius 1 is 1.50 bits per heavy atom. The predicted octanol–water partition coefficient (Wildman–Crippen LogP) is 1.50. The highest BCUT2D eigenvalue weighted by Gasteiger charge is 2.47. The van der Waals surface area contributed by atoms with Crippen molar-refractivity contribution in [3.8, 4) is 0 Å². The Labute approximate surface area is 93.9 Å². The number of hydrogen-bond donors (Lipinski definition) is 2. The van der Waals surface area contributed by atoms with E-state index in [1.165, 1.54) is 6.33 Å². The molecule has 0 spiro atoms. The van der Waals surface area contributed by atoms with E-state index >= 15 is 0 Å². The zero-order chi connectivity index (χ0) is 11.9. The second kappa shape index (κ2) is 3.66. The van der Waals surface area contributed by atoms with Crippen LogP contribution in [0.5, 0.6) is 0 Å². The van der Waals surface area contributed by atoms with Gasteiger partial charge in [0.1, 0.15) is 6.33 Å². The molecule has 16 heavy (non-hydrogen) atoms. The molecule has 2 N–H and O–H groups in total. The van der Waals surface area contributed by atoms with E-state index in [-0.39, 0.29) is 23.4 Å². The van der Waals surface area contributed by atoms with Crippen LogP contribution in [0.3, 0.4) is 0 Å². The van der Waals surface area contributed by atoms with Crippen molar-refractivity contribution in [3.63, 3.8) is 0 Å². The minimum atomic E-state index is -0.417. The zero-order valence-electron chi connectivity index (χ0n) is 9.66. The van der Waals surface area contributed by atoms with Gasteiger partial charge < -0.3 is 10.4 Å². The van der Waals surface area contributed by atoms with Gasteiger partial charge in [0.2, 0.25) is 0 Å². The molecule has 0 bridgehead atoms. The van der Waals surface area contributed by atoms with Crippen LogP contribution in [0, 0.1) is 18.2 Å². The van der Waals surface area contributed by atoms with Crippen LogP contribution in [-0.4, -0.2) is 27.2 Å². The third-order valence-corrected chi connectivity index (χ3v) is 3.49. The lowest BCUT2D eigenvalue weighted by Gasteiger charge is -2.49. The number of hydrogen-bond acceptors (Lipinski definition) is 4. The first kappa shape index (κ1) is 11.3. The molecule has 1 heterocycles. The van der Waals surface area contributed by atoms with Gasteiger partial charge in [0.25, 0.3) is 0 Å². The van der Waals surface area contributed by atoms with Gasteiger partial charge in [0.05, 0.1) is 11.8 Å². The van der Waals surface area contributed by atoms with Crippen LogP contribution in [0.1, 0.15) is 26.0 Å². The van der Waals surface area contributed by atoms with Crippen molar-refractivity contribution in [2.75, 3.05) is 5.32 Å². The molecular weight excluding hydrogens is 209 g/mol. The molecule has 2 atom stereocenters.